The van der Waals surface area contributed by atoms with Crippen molar-refractivity contribution >= 4 is 5.97 Å². The molecule has 0 spiro atoms. The first-order valence-corrected chi connectivity index (χ1v) is 4.86. The van der Waals surface area contributed by atoms with Crippen molar-refractivity contribution < 1.29 is 23.8 Å². The molecular formula is C11H8F2N2O3. The van der Waals surface area contributed by atoms with Crippen molar-refractivity contribution in [3.63, 3.8) is 0 Å². The fourth-order valence-corrected chi connectivity index (χ4v) is 1.59. The largest absolute Gasteiger partial charge is 0.504 e. The number of nitrogens with zero attached hydrogens (tertiary/aromatic N) is 2. The highest BCUT2D eigenvalue weighted by molar-refractivity contribution is 5.87. The van der Waals surface area contributed by atoms with Gasteiger partial charge in [0, 0.05) is 18.7 Å². The molecule has 7 heteroatoms. The van der Waals surface area contributed by atoms with Crippen LogP contribution in [-0.2, 0) is 7.05 Å². The van der Waals surface area contributed by atoms with Crippen molar-refractivity contribution in [1.29, 1.82) is 0 Å². The van der Waals surface area contributed by atoms with Crippen LogP contribution in [0, 0.1) is 11.6 Å². The Hall–Kier alpha value is -2.44. The summed E-state index contributed by atoms with van der Waals surface area (Å²) in [7, 11) is 1.41. The third-order valence-corrected chi connectivity index (χ3v) is 2.40. The van der Waals surface area contributed by atoms with Crippen molar-refractivity contribution in [2.24, 2.45) is 7.05 Å². The second-order valence-electron chi connectivity index (χ2n) is 3.63. The molecule has 0 saturated heterocycles. The molecule has 94 valence electrons. The third-order valence-electron chi connectivity index (χ3n) is 2.40. The molecule has 0 aliphatic rings. The summed E-state index contributed by atoms with van der Waals surface area (Å²) in [6, 6.07) is 2.56. The van der Waals surface area contributed by atoms with E-state index in [-0.39, 0.29) is 17.0 Å². The summed E-state index contributed by atoms with van der Waals surface area (Å²) in [5.41, 5.74) is -0.338. The minimum atomic E-state index is -1.27. The van der Waals surface area contributed by atoms with E-state index in [9.17, 15) is 18.7 Å². The lowest BCUT2D eigenvalue weighted by Crippen LogP contribution is -1.99. The number of carbonyl (C=O) groups is 1. The zero-order chi connectivity index (χ0) is 13.4. The normalized spacial score (nSPS) is 10.6. The maximum atomic E-state index is 13.2. The van der Waals surface area contributed by atoms with Crippen LogP contribution >= 0.6 is 0 Å². The number of aromatic nitrogens is 2. The van der Waals surface area contributed by atoms with E-state index in [1.165, 1.54) is 7.05 Å². The van der Waals surface area contributed by atoms with Crippen LogP contribution in [0.2, 0.25) is 0 Å². The fourth-order valence-electron chi connectivity index (χ4n) is 1.59. The number of aromatic carboxylic acids is 1. The van der Waals surface area contributed by atoms with Crippen LogP contribution in [0.3, 0.4) is 0 Å². The molecule has 2 rings (SSSR count). The Balaban J connectivity index is 2.65. The summed E-state index contributed by atoms with van der Waals surface area (Å²) >= 11 is 0. The number of rotatable bonds is 2. The highest BCUT2D eigenvalue weighted by Crippen LogP contribution is 2.32. The SMILES string of the molecule is Cn1nc(C(=O)O)cc1-c1cc(F)cc(F)c1O. The predicted octanol–water partition coefficient (Wildman–Crippen LogP) is 1.77. The molecule has 0 aliphatic carbocycles. The number of phenolic OH excluding ortho intramolecular Hbond substituents is 1. The number of hydrogen-bond donors (Lipinski definition) is 2. The van der Waals surface area contributed by atoms with Crippen LogP contribution in [0.4, 0.5) is 8.78 Å². The number of carboxylic acid groups (broad SMARTS) is 1. The van der Waals surface area contributed by atoms with Gasteiger partial charge in [0.1, 0.15) is 5.82 Å². The van der Waals surface area contributed by atoms with E-state index in [0.717, 1.165) is 16.8 Å². The average molecular weight is 254 g/mol. The summed E-state index contributed by atoms with van der Waals surface area (Å²) in [5.74, 6) is -4.02. The van der Waals surface area contributed by atoms with Gasteiger partial charge in [-0.15, -0.1) is 0 Å². The molecule has 0 unspecified atom stereocenters. The molecule has 0 atom stereocenters. The van der Waals surface area contributed by atoms with E-state index in [0.29, 0.717) is 6.07 Å². The van der Waals surface area contributed by atoms with E-state index in [4.69, 9.17) is 5.11 Å². The van der Waals surface area contributed by atoms with Crippen LogP contribution in [0.1, 0.15) is 10.5 Å². The lowest BCUT2D eigenvalue weighted by atomic mass is 10.1. The van der Waals surface area contributed by atoms with E-state index in [2.05, 4.69) is 5.10 Å². The number of halogens is 2. The molecule has 0 radical (unpaired) electrons. The van der Waals surface area contributed by atoms with Gasteiger partial charge in [-0.25, -0.2) is 13.6 Å². The van der Waals surface area contributed by atoms with Gasteiger partial charge in [-0.05, 0) is 12.1 Å². The van der Waals surface area contributed by atoms with Gasteiger partial charge in [0.05, 0.1) is 5.69 Å². The number of carboxylic acids is 1. The van der Waals surface area contributed by atoms with Crippen LogP contribution in [-0.4, -0.2) is 26.0 Å². The molecule has 18 heavy (non-hydrogen) atoms. The molecule has 0 aliphatic heterocycles. The number of aromatic hydroxyl groups is 1. The molecule has 1 aromatic carbocycles. The molecule has 2 N–H and O–H groups in total. The average Bonchev–Trinajstić information content (AvgIpc) is 2.66. The van der Waals surface area contributed by atoms with E-state index >= 15 is 0 Å². The summed E-state index contributed by atoms with van der Waals surface area (Å²) < 4.78 is 27.4. The van der Waals surface area contributed by atoms with Gasteiger partial charge >= 0.3 is 5.97 Å². The second kappa shape index (κ2) is 4.10. The van der Waals surface area contributed by atoms with Gasteiger partial charge in [-0.3, -0.25) is 4.68 Å². The second-order valence-corrected chi connectivity index (χ2v) is 3.63. The molecule has 5 nitrogen and oxygen atoms in total. The van der Waals surface area contributed by atoms with Crippen LogP contribution in [0.25, 0.3) is 11.3 Å². The standard InChI is InChI=1S/C11H8F2N2O3/c1-15-9(4-8(14-15)11(17)18)6-2-5(12)3-7(13)10(6)16/h2-4,16H,1H3,(H,17,18). The van der Waals surface area contributed by atoms with Crippen molar-refractivity contribution in [2.75, 3.05) is 0 Å². The van der Waals surface area contributed by atoms with Gasteiger partial charge < -0.3 is 10.2 Å². The van der Waals surface area contributed by atoms with Crippen molar-refractivity contribution in [3.05, 3.63) is 35.5 Å². The predicted molar refractivity (Wildman–Crippen MR) is 57.2 cm³/mol. The smallest absolute Gasteiger partial charge is 0.356 e. The Morgan fingerprint density at radius 3 is 2.56 bits per heavy atom. The highest BCUT2D eigenvalue weighted by Gasteiger charge is 2.18. The molecule has 0 amide bonds. The first kappa shape index (κ1) is 12.0. The maximum absolute atomic E-state index is 13.2. The number of hydrogen-bond acceptors (Lipinski definition) is 3. The molecule has 2 aromatic rings. The van der Waals surface area contributed by atoms with E-state index in [1.54, 1.807) is 0 Å². The summed E-state index contributed by atoms with van der Waals surface area (Å²) in [5, 5.41) is 21.9. The van der Waals surface area contributed by atoms with Crippen molar-refractivity contribution in [1.82, 2.24) is 9.78 Å². The molecule has 0 fully saturated rings. The Kier molecular flexibility index (Phi) is 2.74. The maximum Gasteiger partial charge on any atom is 0.356 e. The lowest BCUT2D eigenvalue weighted by molar-refractivity contribution is 0.0689. The fraction of sp³-hybridized carbons (Fsp3) is 0.0909. The van der Waals surface area contributed by atoms with Crippen LogP contribution in [0.15, 0.2) is 18.2 Å². The highest BCUT2D eigenvalue weighted by atomic mass is 19.1. The Labute approximate surface area is 99.9 Å². The number of benzene rings is 1. The van der Waals surface area contributed by atoms with Crippen LogP contribution in [0.5, 0.6) is 5.75 Å². The van der Waals surface area contributed by atoms with Gasteiger partial charge in [-0.2, -0.15) is 5.10 Å². The zero-order valence-electron chi connectivity index (χ0n) is 9.19. The third kappa shape index (κ3) is 1.90. The molecular weight excluding hydrogens is 246 g/mol. The Bertz CT molecular complexity index is 637. The first-order chi connectivity index (χ1) is 8.40. The number of aryl methyl sites for hydroxylation is 1. The topological polar surface area (TPSA) is 75.4 Å². The van der Waals surface area contributed by atoms with E-state index < -0.39 is 23.4 Å². The minimum absolute atomic E-state index is 0.100. The zero-order valence-corrected chi connectivity index (χ0v) is 9.19. The molecule has 1 aromatic heterocycles. The van der Waals surface area contributed by atoms with Gasteiger partial charge in [0.25, 0.3) is 0 Å². The quantitative estimate of drug-likeness (QED) is 0.856. The van der Waals surface area contributed by atoms with Gasteiger partial charge in [-0.1, -0.05) is 0 Å². The molecule has 1 heterocycles. The Morgan fingerprint density at radius 2 is 2.00 bits per heavy atom. The van der Waals surface area contributed by atoms with Crippen molar-refractivity contribution in [3.8, 4) is 17.0 Å². The minimum Gasteiger partial charge on any atom is -0.504 e. The number of phenols is 1. The van der Waals surface area contributed by atoms with Crippen LogP contribution < -0.4 is 0 Å². The summed E-state index contributed by atoms with van der Waals surface area (Å²) in [6.45, 7) is 0. The Morgan fingerprint density at radius 1 is 1.33 bits per heavy atom. The van der Waals surface area contributed by atoms with Gasteiger partial charge in [0.15, 0.2) is 17.3 Å². The van der Waals surface area contributed by atoms with Crippen molar-refractivity contribution in [2.45, 2.75) is 0 Å². The van der Waals surface area contributed by atoms with E-state index in [1.807, 2.05) is 0 Å². The molecule has 0 saturated carbocycles. The first-order valence-electron chi connectivity index (χ1n) is 4.86. The summed E-state index contributed by atoms with van der Waals surface area (Å²) in [4.78, 5) is 10.7. The summed E-state index contributed by atoms with van der Waals surface area (Å²) in [6.07, 6.45) is 0. The monoisotopic (exact) mass is 254 g/mol. The lowest BCUT2D eigenvalue weighted by Gasteiger charge is -2.05. The molecule has 0 bridgehead atoms. The van der Waals surface area contributed by atoms with Gasteiger partial charge in [0.2, 0.25) is 0 Å².